The second-order valence-electron chi connectivity index (χ2n) is 13.2. The Bertz CT molecular complexity index is 1280. The largest absolute Gasteiger partial charge is 0.451 e. The van der Waals surface area contributed by atoms with E-state index in [1.54, 1.807) is 31.2 Å². The van der Waals surface area contributed by atoms with Crippen LogP contribution in [0, 0.1) is 17.8 Å². The molecule has 5 nitrogen and oxygen atoms in total. The lowest BCUT2D eigenvalue weighted by Crippen LogP contribution is -2.67. The number of rotatable bonds is 11. The van der Waals surface area contributed by atoms with Crippen molar-refractivity contribution in [1.29, 1.82) is 0 Å². The molecule has 0 radical (unpaired) electrons. The van der Waals surface area contributed by atoms with Gasteiger partial charge in [-0.05, 0) is 53.2 Å². The molecule has 0 aliphatic carbocycles. The van der Waals surface area contributed by atoms with Gasteiger partial charge in [0.2, 0.25) is 0 Å². The zero-order chi connectivity index (χ0) is 31.2. The number of hydrogen-bond donors (Lipinski definition) is 0. The molecule has 1 fully saturated rings. The summed E-state index contributed by atoms with van der Waals surface area (Å²) < 4.78 is 19.5. The molecule has 0 saturated carbocycles. The van der Waals surface area contributed by atoms with E-state index < -0.39 is 26.3 Å². The fourth-order valence-corrected chi connectivity index (χ4v) is 11.3. The maximum atomic E-state index is 13.4. The summed E-state index contributed by atoms with van der Waals surface area (Å²) in [6, 6.07) is 30.2. The number of ketones is 1. The SMILES string of the molecule is C[C@H](C(=O)[C@@H](C)OC(=O)c1ccccc1)[C@@H]1CC[C@H](C)[C@@H]([C@@H](C)CO[Si](c2ccccc2)(c2ccccc2)C(C)(C)C)O1. The van der Waals surface area contributed by atoms with E-state index >= 15 is 0 Å². The van der Waals surface area contributed by atoms with Crippen LogP contribution in [0.25, 0.3) is 0 Å². The standard InChI is InChI=1S/C37H48O5Si/c1-26-23-24-33(28(3)34(38)29(4)41-36(39)30-17-11-8-12-18-30)42-35(26)27(2)25-40-43(37(5,6)7,31-19-13-9-14-20-31)32-21-15-10-16-22-32/h8-22,26-29,33,35H,23-25H2,1-7H3/t26-,27-,28-,29+,33-,35-/m0/s1. The zero-order valence-corrected chi connectivity index (χ0v) is 27.8. The fourth-order valence-electron chi connectivity index (χ4n) is 6.59. The molecule has 0 unspecified atom stereocenters. The topological polar surface area (TPSA) is 61.8 Å². The third kappa shape index (κ3) is 7.36. The summed E-state index contributed by atoms with van der Waals surface area (Å²) >= 11 is 0. The van der Waals surface area contributed by atoms with Crippen molar-refractivity contribution in [3.63, 3.8) is 0 Å². The van der Waals surface area contributed by atoms with Crippen LogP contribution in [-0.4, -0.2) is 45.0 Å². The fraction of sp³-hybridized carbons (Fsp3) is 0.459. The highest BCUT2D eigenvalue weighted by Crippen LogP contribution is 2.38. The van der Waals surface area contributed by atoms with E-state index in [0.29, 0.717) is 18.1 Å². The van der Waals surface area contributed by atoms with E-state index in [1.165, 1.54) is 10.4 Å². The van der Waals surface area contributed by atoms with Gasteiger partial charge in [0.25, 0.3) is 8.32 Å². The van der Waals surface area contributed by atoms with Gasteiger partial charge in [0.05, 0.1) is 17.8 Å². The first-order valence-electron chi connectivity index (χ1n) is 15.7. The highest BCUT2D eigenvalue weighted by Gasteiger charge is 2.50. The summed E-state index contributed by atoms with van der Waals surface area (Å²) in [5.41, 5.74) is 0.437. The number of esters is 1. The Morgan fingerprint density at radius 3 is 1.86 bits per heavy atom. The van der Waals surface area contributed by atoms with Gasteiger partial charge in [-0.1, -0.05) is 120 Å². The van der Waals surface area contributed by atoms with E-state index in [2.05, 4.69) is 95.3 Å². The van der Waals surface area contributed by atoms with Crippen molar-refractivity contribution in [3.05, 3.63) is 96.6 Å². The molecule has 0 spiro atoms. The molecule has 43 heavy (non-hydrogen) atoms. The van der Waals surface area contributed by atoms with Crippen molar-refractivity contribution >= 4 is 30.4 Å². The smallest absolute Gasteiger partial charge is 0.338 e. The first-order chi connectivity index (χ1) is 20.5. The van der Waals surface area contributed by atoms with Gasteiger partial charge in [-0.25, -0.2) is 4.79 Å². The molecule has 0 N–H and O–H groups in total. The van der Waals surface area contributed by atoms with Crippen molar-refractivity contribution in [3.8, 4) is 0 Å². The Kier molecular flexibility index (Phi) is 10.8. The maximum Gasteiger partial charge on any atom is 0.338 e. The molecule has 1 heterocycles. The van der Waals surface area contributed by atoms with Gasteiger partial charge in [-0.2, -0.15) is 0 Å². The Morgan fingerprint density at radius 2 is 1.35 bits per heavy atom. The van der Waals surface area contributed by atoms with Gasteiger partial charge in [0.15, 0.2) is 11.9 Å². The molecule has 1 saturated heterocycles. The highest BCUT2D eigenvalue weighted by atomic mass is 28.4. The van der Waals surface area contributed by atoms with Gasteiger partial charge >= 0.3 is 5.97 Å². The third-order valence-corrected chi connectivity index (χ3v) is 14.0. The first kappa shape index (κ1) is 32.8. The summed E-state index contributed by atoms with van der Waals surface area (Å²) in [6.45, 7) is 15.4. The maximum absolute atomic E-state index is 13.4. The molecule has 0 amide bonds. The normalized spacial score (nSPS) is 21.4. The van der Waals surface area contributed by atoms with Crippen LogP contribution in [0.5, 0.6) is 0 Å². The van der Waals surface area contributed by atoms with Crippen LogP contribution in [0.4, 0.5) is 0 Å². The minimum atomic E-state index is -2.67. The molecule has 6 heteroatoms. The molecule has 0 aromatic heterocycles. The van der Waals surface area contributed by atoms with E-state index in [-0.39, 0.29) is 28.9 Å². The van der Waals surface area contributed by atoms with E-state index in [9.17, 15) is 9.59 Å². The van der Waals surface area contributed by atoms with Crippen LogP contribution in [0.1, 0.15) is 71.7 Å². The van der Waals surface area contributed by atoms with Gasteiger partial charge in [-0.15, -0.1) is 0 Å². The Balaban J connectivity index is 1.48. The number of carbonyl (C=O) groups excluding carboxylic acids is 2. The average molecular weight is 601 g/mol. The molecule has 0 bridgehead atoms. The van der Waals surface area contributed by atoms with Crippen LogP contribution >= 0.6 is 0 Å². The molecule has 6 atom stereocenters. The number of carbonyl (C=O) groups is 2. The number of benzene rings is 3. The molecular formula is C37H48O5Si. The Hall–Kier alpha value is -3.06. The number of Topliss-reactive ketones (excluding diaryl/α,β-unsaturated/α-hetero) is 1. The second kappa shape index (κ2) is 14.1. The lowest BCUT2D eigenvalue weighted by molar-refractivity contribution is -0.151. The molecule has 3 aromatic rings. The summed E-state index contributed by atoms with van der Waals surface area (Å²) in [5, 5.41) is 2.41. The van der Waals surface area contributed by atoms with Crippen molar-refractivity contribution in [1.82, 2.24) is 0 Å². The van der Waals surface area contributed by atoms with Crippen LogP contribution < -0.4 is 10.4 Å². The quantitative estimate of drug-likeness (QED) is 0.178. The van der Waals surface area contributed by atoms with Crippen LogP contribution in [0.15, 0.2) is 91.0 Å². The van der Waals surface area contributed by atoms with Crippen molar-refractivity contribution < 1.29 is 23.5 Å². The van der Waals surface area contributed by atoms with Crippen LogP contribution in [0.2, 0.25) is 5.04 Å². The first-order valence-corrected chi connectivity index (χ1v) is 17.6. The summed E-state index contributed by atoms with van der Waals surface area (Å²) in [7, 11) is -2.67. The van der Waals surface area contributed by atoms with E-state index in [1.807, 2.05) is 13.0 Å². The van der Waals surface area contributed by atoms with E-state index in [0.717, 1.165) is 12.8 Å². The number of ether oxygens (including phenoxy) is 2. The summed E-state index contributed by atoms with van der Waals surface area (Å²) in [6.07, 6.45) is 0.636. The zero-order valence-electron chi connectivity index (χ0n) is 26.8. The van der Waals surface area contributed by atoms with Gasteiger partial charge < -0.3 is 13.9 Å². The van der Waals surface area contributed by atoms with Crippen molar-refractivity contribution in [2.45, 2.75) is 84.7 Å². The lowest BCUT2D eigenvalue weighted by atomic mass is 9.82. The highest BCUT2D eigenvalue weighted by molar-refractivity contribution is 6.99. The summed E-state index contributed by atoms with van der Waals surface area (Å²) in [5.74, 6) is -0.532. The molecule has 3 aromatic carbocycles. The number of hydrogen-bond acceptors (Lipinski definition) is 5. The van der Waals surface area contributed by atoms with Gasteiger partial charge in [0.1, 0.15) is 0 Å². The average Bonchev–Trinajstić information content (AvgIpc) is 3.01. The molecule has 230 valence electrons. The van der Waals surface area contributed by atoms with Gasteiger partial charge in [0, 0.05) is 18.4 Å². The van der Waals surface area contributed by atoms with Crippen LogP contribution in [-0.2, 0) is 18.7 Å². The van der Waals surface area contributed by atoms with Gasteiger partial charge in [-0.3, -0.25) is 4.79 Å². The predicted molar refractivity (Wildman–Crippen MR) is 175 cm³/mol. The van der Waals surface area contributed by atoms with E-state index in [4.69, 9.17) is 13.9 Å². The minimum absolute atomic E-state index is 0.0469. The second-order valence-corrected chi connectivity index (χ2v) is 17.6. The minimum Gasteiger partial charge on any atom is -0.451 e. The van der Waals surface area contributed by atoms with Crippen molar-refractivity contribution in [2.75, 3.05) is 6.61 Å². The monoisotopic (exact) mass is 600 g/mol. The Labute approximate surface area is 259 Å². The Morgan fingerprint density at radius 1 is 0.837 bits per heavy atom. The molecule has 4 rings (SSSR count). The molecular weight excluding hydrogens is 552 g/mol. The summed E-state index contributed by atoms with van der Waals surface area (Å²) in [4.78, 5) is 25.9. The third-order valence-electron chi connectivity index (χ3n) is 9.04. The molecule has 1 aliphatic rings. The van der Waals surface area contributed by atoms with Crippen LogP contribution in [0.3, 0.4) is 0 Å². The lowest BCUT2D eigenvalue weighted by Gasteiger charge is -2.45. The molecule has 1 aliphatic heterocycles. The predicted octanol–water partition coefficient (Wildman–Crippen LogP) is 6.83. The van der Waals surface area contributed by atoms with Crippen molar-refractivity contribution in [2.24, 2.45) is 17.8 Å².